The zero-order chi connectivity index (χ0) is 24.5. The Balaban J connectivity index is 1.86. The van der Waals surface area contributed by atoms with E-state index < -0.39 is 10.0 Å². The molecule has 1 aliphatic rings. The number of hydrogen-bond donors (Lipinski definition) is 1. The maximum Gasteiger partial charge on any atom is 0.243 e. The smallest absolute Gasteiger partial charge is 0.243 e. The van der Waals surface area contributed by atoms with E-state index in [1.807, 2.05) is 20.9 Å². The molecule has 0 bridgehead atoms. The molecule has 0 radical (unpaired) electrons. The van der Waals surface area contributed by atoms with E-state index in [0.717, 1.165) is 5.56 Å². The molecule has 1 aliphatic heterocycles. The average Bonchev–Trinajstić information content (AvgIpc) is 2.84. The van der Waals surface area contributed by atoms with Crippen molar-refractivity contribution in [1.29, 1.82) is 0 Å². The van der Waals surface area contributed by atoms with Crippen molar-refractivity contribution in [2.24, 2.45) is 0 Å². The van der Waals surface area contributed by atoms with Crippen LogP contribution in [0.5, 0.6) is 17.2 Å². The monoisotopic (exact) mass is 486 g/mol. The minimum absolute atomic E-state index is 0.0204. The summed E-state index contributed by atoms with van der Waals surface area (Å²) >= 11 is 0. The molecule has 0 atom stereocenters. The Labute approximate surface area is 200 Å². The van der Waals surface area contributed by atoms with Gasteiger partial charge in [0.2, 0.25) is 10.0 Å². The number of aromatic nitrogens is 2. The highest BCUT2D eigenvalue weighted by molar-refractivity contribution is 7.89. The first kappa shape index (κ1) is 24.2. The van der Waals surface area contributed by atoms with Gasteiger partial charge in [0.25, 0.3) is 0 Å². The number of piperazine rings is 1. The normalized spacial score (nSPS) is 15.5. The molecule has 9 nitrogen and oxygen atoms in total. The lowest BCUT2D eigenvalue weighted by atomic mass is 10.1. The van der Waals surface area contributed by atoms with E-state index in [2.05, 4.69) is 9.88 Å². The van der Waals surface area contributed by atoms with E-state index in [0.29, 0.717) is 73.0 Å². The van der Waals surface area contributed by atoms with Crippen LogP contribution in [-0.4, -0.2) is 79.6 Å². The van der Waals surface area contributed by atoms with Crippen LogP contribution in [0.4, 0.5) is 0 Å². The highest BCUT2D eigenvalue weighted by Gasteiger charge is 2.29. The van der Waals surface area contributed by atoms with Crippen molar-refractivity contribution in [3.63, 3.8) is 0 Å². The number of ether oxygens (including phenoxy) is 2. The highest BCUT2D eigenvalue weighted by atomic mass is 32.2. The van der Waals surface area contributed by atoms with Gasteiger partial charge in [0.1, 0.15) is 17.2 Å². The Kier molecular flexibility index (Phi) is 6.92. The standard InChI is InChI=1S/C24H30N4O5S/c1-5-17-22(32-4)14-20(29)19-15-25-24(26-23(17)19)18-13-16(7-8-21(18)33-6-2)34(30,31)28-11-9-27(3)10-12-28/h7-8,13-15,29H,5-6,9-12H2,1-4H3. The Morgan fingerprint density at radius 2 is 1.82 bits per heavy atom. The molecule has 1 aromatic heterocycles. The lowest BCUT2D eigenvalue weighted by molar-refractivity contribution is 0.222. The molecule has 1 N–H and O–H groups in total. The molecule has 182 valence electrons. The van der Waals surface area contributed by atoms with E-state index in [9.17, 15) is 13.5 Å². The van der Waals surface area contributed by atoms with Crippen LogP contribution in [-0.2, 0) is 16.4 Å². The van der Waals surface area contributed by atoms with Gasteiger partial charge in [-0.05, 0) is 38.6 Å². The van der Waals surface area contributed by atoms with Crippen LogP contribution in [0.25, 0.3) is 22.3 Å². The molecule has 0 saturated carbocycles. The third-order valence-electron chi connectivity index (χ3n) is 6.08. The molecule has 1 fully saturated rings. The molecule has 0 spiro atoms. The van der Waals surface area contributed by atoms with Crippen LogP contribution in [0.2, 0.25) is 0 Å². The summed E-state index contributed by atoms with van der Waals surface area (Å²) in [6, 6.07) is 6.35. The van der Waals surface area contributed by atoms with Crippen LogP contribution in [0, 0.1) is 0 Å². The Morgan fingerprint density at radius 1 is 1.09 bits per heavy atom. The maximum atomic E-state index is 13.4. The molecule has 4 rings (SSSR count). The zero-order valence-electron chi connectivity index (χ0n) is 19.9. The molecule has 3 aromatic rings. The fourth-order valence-corrected chi connectivity index (χ4v) is 5.61. The number of fused-ring (bicyclic) bond motifs is 1. The van der Waals surface area contributed by atoms with Crippen molar-refractivity contribution in [2.75, 3.05) is 46.9 Å². The van der Waals surface area contributed by atoms with Crippen molar-refractivity contribution in [3.8, 4) is 28.6 Å². The minimum Gasteiger partial charge on any atom is -0.507 e. The Hall–Kier alpha value is -2.95. The second kappa shape index (κ2) is 9.73. The first-order valence-electron chi connectivity index (χ1n) is 11.3. The number of phenolic OH excluding ortho intramolecular Hbond substituents is 1. The van der Waals surface area contributed by atoms with Gasteiger partial charge in [-0.25, -0.2) is 18.4 Å². The summed E-state index contributed by atoms with van der Waals surface area (Å²) in [4.78, 5) is 11.5. The molecule has 10 heteroatoms. The van der Waals surface area contributed by atoms with Gasteiger partial charge < -0.3 is 19.5 Å². The van der Waals surface area contributed by atoms with Gasteiger partial charge >= 0.3 is 0 Å². The first-order chi connectivity index (χ1) is 16.3. The molecule has 0 aliphatic carbocycles. The third kappa shape index (κ3) is 4.40. The summed E-state index contributed by atoms with van der Waals surface area (Å²) in [6.45, 7) is 6.48. The van der Waals surface area contributed by atoms with Crippen molar-refractivity contribution in [1.82, 2.24) is 19.2 Å². The summed E-state index contributed by atoms with van der Waals surface area (Å²) < 4.78 is 39.5. The van der Waals surface area contributed by atoms with Gasteiger partial charge in [0, 0.05) is 44.0 Å². The zero-order valence-corrected chi connectivity index (χ0v) is 20.7. The van der Waals surface area contributed by atoms with Crippen LogP contribution >= 0.6 is 0 Å². The average molecular weight is 487 g/mol. The molecule has 0 amide bonds. The van der Waals surface area contributed by atoms with Gasteiger partial charge in [-0.1, -0.05) is 6.92 Å². The summed E-state index contributed by atoms with van der Waals surface area (Å²) in [7, 11) is -0.162. The van der Waals surface area contributed by atoms with Gasteiger partial charge in [-0.3, -0.25) is 0 Å². The molecular weight excluding hydrogens is 456 g/mol. The number of likely N-dealkylation sites (N-methyl/N-ethyl adjacent to an activating group) is 1. The van der Waals surface area contributed by atoms with Crippen molar-refractivity contribution in [3.05, 3.63) is 36.0 Å². The predicted octanol–water partition coefficient (Wildman–Crippen LogP) is 2.91. The number of benzene rings is 2. The van der Waals surface area contributed by atoms with Crippen molar-refractivity contribution in [2.45, 2.75) is 25.2 Å². The van der Waals surface area contributed by atoms with E-state index >= 15 is 0 Å². The van der Waals surface area contributed by atoms with Gasteiger partial charge in [0.05, 0.1) is 35.1 Å². The summed E-state index contributed by atoms with van der Waals surface area (Å²) in [5.74, 6) is 1.36. The number of phenols is 1. The predicted molar refractivity (Wildman–Crippen MR) is 130 cm³/mol. The molecule has 0 unspecified atom stereocenters. The lowest BCUT2D eigenvalue weighted by Crippen LogP contribution is -2.47. The fourth-order valence-electron chi connectivity index (χ4n) is 4.16. The second-order valence-corrected chi connectivity index (χ2v) is 10.1. The number of aromatic hydroxyl groups is 1. The van der Waals surface area contributed by atoms with E-state index in [1.165, 1.54) is 4.31 Å². The van der Waals surface area contributed by atoms with Gasteiger partial charge in [-0.2, -0.15) is 4.31 Å². The minimum atomic E-state index is -3.68. The van der Waals surface area contributed by atoms with Crippen LogP contribution < -0.4 is 9.47 Å². The number of sulfonamides is 1. The largest absolute Gasteiger partial charge is 0.507 e. The van der Waals surface area contributed by atoms with Crippen LogP contribution in [0.1, 0.15) is 19.4 Å². The fraction of sp³-hybridized carbons (Fsp3) is 0.417. The number of methoxy groups -OCH3 is 1. The first-order valence-corrected chi connectivity index (χ1v) is 12.8. The highest BCUT2D eigenvalue weighted by Crippen LogP contribution is 2.37. The van der Waals surface area contributed by atoms with E-state index in [1.54, 1.807) is 37.6 Å². The quantitative estimate of drug-likeness (QED) is 0.544. The Morgan fingerprint density at radius 3 is 2.47 bits per heavy atom. The van der Waals surface area contributed by atoms with E-state index in [-0.39, 0.29) is 10.6 Å². The summed E-state index contributed by atoms with van der Waals surface area (Å²) in [5, 5.41) is 10.9. The topological polar surface area (TPSA) is 105 Å². The van der Waals surface area contributed by atoms with Gasteiger partial charge in [-0.15, -0.1) is 0 Å². The molecule has 2 heterocycles. The maximum absolute atomic E-state index is 13.4. The van der Waals surface area contributed by atoms with E-state index in [4.69, 9.17) is 14.5 Å². The second-order valence-electron chi connectivity index (χ2n) is 8.18. The lowest BCUT2D eigenvalue weighted by Gasteiger charge is -2.31. The van der Waals surface area contributed by atoms with Crippen LogP contribution in [0.15, 0.2) is 35.4 Å². The van der Waals surface area contributed by atoms with Crippen LogP contribution in [0.3, 0.4) is 0 Å². The molecule has 34 heavy (non-hydrogen) atoms. The number of aryl methyl sites for hydroxylation is 1. The Bertz CT molecular complexity index is 1300. The molecule has 2 aromatic carbocycles. The number of nitrogens with zero attached hydrogens (tertiary/aromatic N) is 4. The van der Waals surface area contributed by atoms with Crippen molar-refractivity contribution >= 4 is 20.9 Å². The third-order valence-corrected chi connectivity index (χ3v) is 7.98. The van der Waals surface area contributed by atoms with Crippen molar-refractivity contribution < 1.29 is 23.0 Å². The summed E-state index contributed by atoms with van der Waals surface area (Å²) in [6.07, 6.45) is 2.18. The van der Waals surface area contributed by atoms with Gasteiger partial charge in [0.15, 0.2) is 5.82 Å². The number of rotatable bonds is 7. The molecular formula is C24H30N4O5S. The SMILES string of the molecule is CCOc1ccc(S(=O)(=O)N2CCN(C)CC2)cc1-c1ncc2c(O)cc(OC)c(CC)c2n1. The number of hydrogen-bond acceptors (Lipinski definition) is 8. The molecule has 1 saturated heterocycles. The summed E-state index contributed by atoms with van der Waals surface area (Å²) in [5.41, 5.74) is 1.86.